The van der Waals surface area contributed by atoms with E-state index < -0.39 is 4.92 Å². The van der Waals surface area contributed by atoms with Gasteiger partial charge in [0.15, 0.2) is 0 Å². The smallest absolute Gasteiger partial charge is 0.269 e. The standard InChI is InChI=1S/C12H23N.C6H5NO2S/c1-3-7-11(8-4-1)13-12-9-5-2-6-10-12;8-7(9)5-1-3-6(10)4-2-5/h11-13H,1-10H2;1-4,10H. The van der Waals surface area contributed by atoms with Gasteiger partial charge in [0, 0.05) is 29.1 Å². The largest absolute Gasteiger partial charge is 0.311 e. The van der Waals surface area contributed by atoms with Crippen molar-refractivity contribution in [3.63, 3.8) is 0 Å². The molecule has 4 nitrogen and oxygen atoms in total. The molecule has 0 radical (unpaired) electrons. The maximum absolute atomic E-state index is 10.1. The van der Waals surface area contributed by atoms with Crippen LogP contribution in [0.1, 0.15) is 64.2 Å². The second kappa shape index (κ2) is 9.93. The molecule has 0 atom stereocenters. The molecule has 0 aromatic heterocycles. The highest BCUT2D eigenvalue weighted by Gasteiger charge is 2.19. The summed E-state index contributed by atoms with van der Waals surface area (Å²) >= 11 is 3.98. The van der Waals surface area contributed by atoms with Gasteiger partial charge < -0.3 is 5.32 Å². The van der Waals surface area contributed by atoms with Crippen LogP contribution in [0.15, 0.2) is 29.2 Å². The van der Waals surface area contributed by atoms with Gasteiger partial charge in [0.1, 0.15) is 0 Å². The molecule has 2 aliphatic rings. The summed E-state index contributed by atoms with van der Waals surface area (Å²) in [5.41, 5.74) is 0.0952. The van der Waals surface area contributed by atoms with Gasteiger partial charge in [0.05, 0.1) is 4.92 Å². The van der Waals surface area contributed by atoms with E-state index in [-0.39, 0.29) is 5.69 Å². The van der Waals surface area contributed by atoms with Gasteiger partial charge in [-0.2, -0.15) is 0 Å². The molecular weight excluding hydrogens is 308 g/mol. The molecule has 0 heterocycles. The highest BCUT2D eigenvalue weighted by Crippen LogP contribution is 2.22. The molecule has 1 N–H and O–H groups in total. The first-order valence-corrected chi connectivity index (χ1v) is 9.29. The zero-order valence-electron chi connectivity index (χ0n) is 13.7. The van der Waals surface area contributed by atoms with Crippen LogP contribution in [0.2, 0.25) is 0 Å². The Kier molecular flexibility index (Phi) is 7.89. The maximum atomic E-state index is 10.1. The first kappa shape index (κ1) is 18.3. The number of nitro benzene ring substituents is 1. The normalized spacial score (nSPS) is 19.7. The summed E-state index contributed by atoms with van der Waals surface area (Å²) in [5.74, 6) is 0. The molecule has 1 aromatic rings. The van der Waals surface area contributed by atoms with E-state index in [2.05, 4.69) is 17.9 Å². The molecule has 128 valence electrons. The molecule has 23 heavy (non-hydrogen) atoms. The summed E-state index contributed by atoms with van der Waals surface area (Å²) in [6.07, 6.45) is 14.6. The van der Waals surface area contributed by atoms with Gasteiger partial charge in [-0.3, -0.25) is 10.1 Å². The Bertz CT molecular complexity index is 450. The lowest BCUT2D eigenvalue weighted by molar-refractivity contribution is -0.384. The van der Waals surface area contributed by atoms with Crippen LogP contribution in [-0.4, -0.2) is 17.0 Å². The van der Waals surface area contributed by atoms with Gasteiger partial charge in [0.2, 0.25) is 0 Å². The number of nitrogens with zero attached hydrogens (tertiary/aromatic N) is 1. The number of rotatable bonds is 3. The van der Waals surface area contributed by atoms with Gasteiger partial charge >= 0.3 is 0 Å². The number of benzene rings is 1. The molecule has 3 rings (SSSR count). The van der Waals surface area contributed by atoms with Crippen LogP contribution in [0.25, 0.3) is 0 Å². The van der Waals surface area contributed by atoms with Crippen LogP contribution in [0.5, 0.6) is 0 Å². The van der Waals surface area contributed by atoms with E-state index in [1.54, 1.807) is 12.1 Å². The molecule has 0 unspecified atom stereocenters. The zero-order valence-corrected chi connectivity index (χ0v) is 14.6. The van der Waals surface area contributed by atoms with Gasteiger partial charge in [-0.15, -0.1) is 12.6 Å². The number of hydrogen-bond donors (Lipinski definition) is 2. The number of hydrogen-bond acceptors (Lipinski definition) is 4. The predicted octanol–water partition coefficient (Wildman–Crippen LogP) is 5.12. The van der Waals surface area contributed by atoms with E-state index in [9.17, 15) is 10.1 Å². The van der Waals surface area contributed by atoms with E-state index >= 15 is 0 Å². The van der Waals surface area contributed by atoms with E-state index in [4.69, 9.17) is 0 Å². The SMILES string of the molecule is C1CCC(NC2CCCCC2)CC1.O=[N+]([O-])c1ccc(S)cc1. The number of nitro groups is 1. The average molecular weight is 337 g/mol. The first-order valence-electron chi connectivity index (χ1n) is 8.84. The second-order valence-corrected chi connectivity index (χ2v) is 7.13. The Morgan fingerprint density at radius 2 is 1.30 bits per heavy atom. The molecule has 2 fully saturated rings. The monoisotopic (exact) mass is 336 g/mol. The number of non-ortho nitro benzene ring substituents is 1. The minimum atomic E-state index is -0.437. The van der Waals surface area contributed by atoms with Gasteiger partial charge in [-0.05, 0) is 37.8 Å². The van der Waals surface area contributed by atoms with Crippen LogP contribution < -0.4 is 5.32 Å². The highest BCUT2D eigenvalue weighted by atomic mass is 32.1. The maximum Gasteiger partial charge on any atom is 0.269 e. The second-order valence-electron chi connectivity index (χ2n) is 6.61. The summed E-state index contributed by atoms with van der Waals surface area (Å²) in [6.45, 7) is 0. The summed E-state index contributed by atoms with van der Waals surface area (Å²) in [5, 5.41) is 14.0. The van der Waals surface area contributed by atoms with Crippen molar-refractivity contribution < 1.29 is 4.92 Å². The Balaban J connectivity index is 0.000000174. The molecule has 1 aromatic carbocycles. The molecular formula is C18H28N2O2S. The van der Waals surface area contributed by atoms with Gasteiger partial charge in [0.25, 0.3) is 5.69 Å². The summed E-state index contributed by atoms with van der Waals surface area (Å²) < 4.78 is 0. The minimum absolute atomic E-state index is 0.0952. The Labute approximate surface area is 144 Å². The minimum Gasteiger partial charge on any atom is -0.311 e. The fourth-order valence-electron chi connectivity index (χ4n) is 3.45. The quantitative estimate of drug-likeness (QED) is 0.457. The van der Waals surface area contributed by atoms with Crippen molar-refractivity contribution in [1.82, 2.24) is 5.32 Å². The van der Waals surface area contributed by atoms with E-state index in [0.29, 0.717) is 0 Å². The molecule has 0 saturated heterocycles. The van der Waals surface area contributed by atoms with E-state index in [1.807, 2.05) is 0 Å². The van der Waals surface area contributed by atoms with Crippen LogP contribution in [0, 0.1) is 10.1 Å². The van der Waals surface area contributed by atoms with E-state index in [0.717, 1.165) is 17.0 Å². The van der Waals surface area contributed by atoms with Crippen molar-refractivity contribution in [2.45, 2.75) is 81.2 Å². The van der Waals surface area contributed by atoms with Gasteiger partial charge in [-0.25, -0.2) is 0 Å². The Hall–Kier alpha value is -1.07. The van der Waals surface area contributed by atoms with Crippen LogP contribution in [0.4, 0.5) is 5.69 Å². The van der Waals surface area contributed by atoms with Crippen LogP contribution in [0.3, 0.4) is 0 Å². The van der Waals surface area contributed by atoms with E-state index in [1.165, 1.54) is 76.3 Å². The van der Waals surface area contributed by atoms with Crippen molar-refractivity contribution in [2.75, 3.05) is 0 Å². The third-order valence-electron chi connectivity index (χ3n) is 4.74. The molecule has 0 amide bonds. The van der Waals surface area contributed by atoms with Crippen molar-refractivity contribution in [1.29, 1.82) is 0 Å². The molecule has 0 aliphatic heterocycles. The lowest BCUT2D eigenvalue weighted by Crippen LogP contribution is -2.40. The number of thiol groups is 1. The van der Waals surface area contributed by atoms with Gasteiger partial charge in [-0.1, -0.05) is 38.5 Å². The fraction of sp³-hybridized carbons (Fsp3) is 0.667. The summed E-state index contributed by atoms with van der Waals surface area (Å²) in [7, 11) is 0. The molecule has 2 aliphatic carbocycles. The van der Waals surface area contributed by atoms with Crippen molar-refractivity contribution in [2.24, 2.45) is 0 Å². The van der Waals surface area contributed by atoms with Crippen LogP contribution in [-0.2, 0) is 0 Å². The lowest BCUT2D eigenvalue weighted by atomic mass is 9.91. The Morgan fingerprint density at radius 3 is 1.70 bits per heavy atom. The fourth-order valence-corrected chi connectivity index (χ4v) is 3.60. The lowest BCUT2D eigenvalue weighted by Gasteiger charge is -2.30. The third-order valence-corrected chi connectivity index (χ3v) is 5.04. The zero-order chi connectivity index (χ0) is 16.5. The van der Waals surface area contributed by atoms with Crippen molar-refractivity contribution in [3.05, 3.63) is 34.4 Å². The average Bonchev–Trinajstić information content (AvgIpc) is 2.58. The Morgan fingerprint density at radius 1 is 0.870 bits per heavy atom. The van der Waals surface area contributed by atoms with Crippen LogP contribution >= 0.6 is 12.6 Å². The molecule has 0 spiro atoms. The molecule has 5 heteroatoms. The predicted molar refractivity (Wildman–Crippen MR) is 97.2 cm³/mol. The highest BCUT2D eigenvalue weighted by molar-refractivity contribution is 7.80. The molecule has 0 bridgehead atoms. The van der Waals surface area contributed by atoms with Crippen molar-refractivity contribution in [3.8, 4) is 0 Å². The number of nitrogens with one attached hydrogen (secondary N) is 1. The first-order chi connectivity index (χ1) is 11.1. The topological polar surface area (TPSA) is 55.2 Å². The summed E-state index contributed by atoms with van der Waals surface area (Å²) in [4.78, 5) is 10.4. The molecule has 2 saturated carbocycles. The summed E-state index contributed by atoms with van der Waals surface area (Å²) in [6, 6.07) is 7.75. The third kappa shape index (κ3) is 6.92. The van der Waals surface area contributed by atoms with Crippen molar-refractivity contribution >= 4 is 18.3 Å².